The van der Waals surface area contributed by atoms with E-state index in [1.165, 1.54) is 6.33 Å². The zero-order chi connectivity index (χ0) is 21.3. The fraction of sp³-hybridized carbons (Fsp3) is 0.450. The zero-order valence-electron chi connectivity index (χ0n) is 17.2. The van der Waals surface area contributed by atoms with E-state index in [2.05, 4.69) is 28.8 Å². The van der Waals surface area contributed by atoms with Gasteiger partial charge in [0, 0.05) is 31.0 Å². The average Bonchev–Trinajstić information content (AvgIpc) is 3.19. The van der Waals surface area contributed by atoms with Gasteiger partial charge in [0.15, 0.2) is 17.3 Å². The summed E-state index contributed by atoms with van der Waals surface area (Å²) >= 11 is 12.7. The first-order chi connectivity index (χ1) is 14.5. The second kappa shape index (κ2) is 9.09. The second-order valence-corrected chi connectivity index (χ2v) is 11.7. The number of anilines is 2. The molecule has 0 radical (unpaired) electrons. The van der Waals surface area contributed by atoms with Gasteiger partial charge < -0.3 is 15.4 Å². The fourth-order valence-corrected chi connectivity index (χ4v) is 6.27. The Morgan fingerprint density at radius 1 is 1.23 bits per heavy atom. The Kier molecular flexibility index (Phi) is 6.47. The molecule has 1 aliphatic heterocycles. The van der Waals surface area contributed by atoms with E-state index < -0.39 is 0 Å². The van der Waals surface area contributed by atoms with E-state index >= 15 is 0 Å². The van der Waals surface area contributed by atoms with Crippen LogP contribution in [0.25, 0.3) is 16.9 Å². The Hall–Kier alpha value is -1.87. The minimum absolute atomic E-state index is 0.282. The molecule has 0 spiro atoms. The van der Waals surface area contributed by atoms with E-state index in [-0.39, 0.29) is 9.52 Å². The Labute approximate surface area is 188 Å². The number of benzene rings is 1. The minimum Gasteiger partial charge on any atom is -0.383 e. The van der Waals surface area contributed by atoms with Crippen molar-refractivity contribution >= 4 is 50.0 Å². The summed E-state index contributed by atoms with van der Waals surface area (Å²) in [6.07, 6.45) is 3.55. The van der Waals surface area contributed by atoms with Gasteiger partial charge in [-0.15, -0.1) is 0 Å². The van der Waals surface area contributed by atoms with Gasteiger partial charge in [0.05, 0.1) is 19.6 Å². The minimum atomic E-state index is -0.282. The van der Waals surface area contributed by atoms with E-state index in [0.29, 0.717) is 44.0 Å². The Balaban J connectivity index is 1.76. The van der Waals surface area contributed by atoms with Crippen LogP contribution in [0.4, 0.5) is 11.6 Å². The van der Waals surface area contributed by atoms with Crippen molar-refractivity contribution in [3.63, 3.8) is 0 Å². The summed E-state index contributed by atoms with van der Waals surface area (Å²) in [6, 6.07) is 5.43. The predicted octanol–water partition coefficient (Wildman–Crippen LogP) is 3.62. The Morgan fingerprint density at radius 2 is 2.07 bits per heavy atom. The van der Waals surface area contributed by atoms with Gasteiger partial charge in [0.25, 0.3) is 0 Å². The summed E-state index contributed by atoms with van der Waals surface area (Å²) in [5.41, 5.74) is 9.49. The number of hydrogen-bond acceptors (Lipinski definition) is 6. The van der Waals surface area contributed by atoms with E-state index in [0.717, 1.165) is 38.4 Å². The van der Waals surface area contributed by atoms with Gasteiger partial charge >= 0.3 is 0 Å². The molecule has 7 nitrogen and oxygen atoms in total. The lowest BCUT2D eigenvalue weighted by atomic mass is 10.1. The smallest absolute Gasteiger partial charge is 0.199 e. The van der Waals surface area contributed by atoms with Crippen molar-refractivity contribution < 1.29 is 4.74 Å². The third kappa shape index (κ3) is 4.27. The molecule has 160 valence electrons. The van der Waals surface area contributed by atoms with Crippen LogP contribution in [0.3, 0.4) is 0 Å². The molecule has 10 heteroatoms. The maximum absolute atomic E-state index is 6.46. The van der Waals surface area contributed by atoms with E-state index in [4.69, 9.17) is 38.7 Å². The highest BCUT2D eigenvalue weighted by molar-refractivity contribution is 6.43. The monoisotopic (exact) mass is 464 g/mol. The third-order valence-corrected chi connectivity index (χ3v) is 8.47. The second-order valence-electron chi connectivity index (χ2n) is 7.92. The van der Waals surface area contributed by atoms with Crippen LogP contribution >= 0.6 is 23.2 Å². The Morgan fingerprint density at radius 3 is 2.90 bits per heavy atom. The van der Waals surface area contributed by atoms with Crippen LogP contribution < -0.4 is 10.6 Å². The molecule has 1 fully saturated rings. The number of hydrogen-bond donors (Lipinski definition) is 1. The fourth-order valence-electron chi connectivity index (χ4n) is 4.03. The molecule has 1 aliphatic rings. The van der Waals surface area contributed by atoms with Gasteiger partial charge in [-0.2, -0.15) is 5.10 Å². The molecule has 0 bridgehead atoms. The average molecular weight is 465 g/mol. The van der Waals surface area contributed by atoms with Crippen molar-refractivity contribution in [2.45, 2.75) is 38.0 Å². The van der Waals surface area contributed by atoms with Crippen LogP contribution in [0.5, 0.6) is 0 Å². The quantitative estimate of drug-likeness (QED) is 0.583. The molecule has 1 aromatic carbocycles. The molecular formula is C20H26Cl2N6OSi. The Bertz CT molecular complexity index is 1050. The summed E-state index contributed by atoms with van der Waals surface area (Å²) in [6.45, 7) is 7.03. The lowest BCUT2D eigenvalue weighted by Gasteiger charge is -2.28. The predicted molar refractivity (Wildman–Crippen MR) is 125 cm³/mol. The normalized spacial score (nSPS) is 21.9. The van der Waals surface area contributed by atoms with Crippen LogP contribution in [-0.2, 0) is 4.74 Å². The molecule has 3 heterocycles. The number of rotatable bonds is 2. The van der Waals surface area contributed by atoms with Crippen molar-refractivity contribution in [3.05, 3.63) is 34.6 Å². The molecule has 3 aromatic rings. The van der Waals surface area contributed by atoms with Gasteiger partial charge in [-0.3, -0.25) is 0 Å². The van der Waals surface area contributed by atoms with Gasteiger partial charge in [-0.25, -0.2) is 14.5 Å². The zero-order valence-corrected chi connectivity index (χ0v) is 20.1. The van der Waals surface area contributed by atoms with Gasteiger partial charge in [-0.1, -0.05) is 42.3 Å². The summed E-state index contributed by atoms with van der Waals surface area (Å²) in [5.74, 6) is 1.09. The number of halogens is 2. The first-order valence-corrected chi connectivity index (χ1v) is 12.6. The topological polar surface area (TPSA) is 81.6 Å². The molecular weight excluding hydrogens is 439 g/mol. The number of fused-ring (bicyclic) bond motifs is 1. The van der Waals surface area contributed by atoms with Crippen LogP contribution in [-0.4, -0.2) is 54.5 Å². The summed E-state index contributed by atoms with van der Waals surface area (Å²) < 4.78 is 7.71. The van der Waals surface area contributed by atoms with Crippen molar-refractivity contribution in [2.75, 3.05) is 30.3 Å². The molecule has 0 unspecified atom stereocenters. The molecule has 2 atom stereocenters. The van der Waals surface area contributed by atoms with Gasteiger partial charge in [0.1, 0.15) is 12.0 Å². The lowest BCUT2D eigenvalue weighted by molar-refractivity contribution is 0.113. The van der Waals surface area contributed by atoms with Crippen molar-refractivity contribution in [1.82, 2.24) is 19.6 Å². The number of nitrogens with two attached hydrogens (primary N) is 1. The van der Waals surface area contributed by atoms with E-state index in [1.807, 2.05) is 12.1 Å². The molecule has 4 rings (SSSR count). The van der Waals surface area contributed by atoms with Gasteiger partial charge in [-0.05, 0) is 31.4 Å². The van der Waals surface area contributed by atoms with Gasteiger partial charge in [0.2, 0.25) is 0 Å². The van der Waals surface area contributed by atoms with Crippen LogP contribution in [0.15, 0.2) is 24.5 Å². The standard InChI is InChI=1S/C20H26Cl2N6OSi/c1-12-7-9-27(8-4-10-29-13(2)30-12)20-19-24-11-25-28(19)17(18(23)26-20)14-5-3-6-15(21)16(14)22/h3,5-6,11-13H,4,7-10,23,30H2,1-2H3/t12-,13+/m0/s1. The third-order valence-electron chi connectivity index (χ3n) is 5.54. The molecule has 0 amide bonds. The summed E-state index contributed by atoms with van der Waals surface area (Å²) in [5, 5.41) is 5.29. The number of nitrogen functional groups attached to an aromatic ring is 1. The van der Waals surface area contributed by atoms with Crippen molar-refractivity contribution in [3.8, 4) is 11.3 Å². The van der Waals surface area contributed by atoms with E-state index in [9.17, 15) is 0 Å². The summed E-state index contributed by atoms with van der Waals surface area (Å²) in [4.78, 5) is 11.5. The van der Waals surface area contributed by atoms with Crippen LogP contribution in [0, 0.1) is 0 Å². The molecule has 0 aliphatic carbocycles. The highest BCUT2D eigenvalue weighted by atomic mass is 35.5. The number of nitrogens with zero attached hydrogens (tertiary/aromatic N) is 5. The van der Waals surface area contributed by atoms with Crippen molar-refractivity contribution in [1.29, 1.82) is 0 Å². The maximum Gasteiger partial charge on any atom is 0.199 e. The molecule has 30 heavy (non-hydrogen) atoms. The van der Waals surface area contributed by atoms with Crippen LogP contribution in [0.2, 0.25) is 15.6 Å². The SMILES string of the molecule is C[C@@H]1OCCCN(c2nc(N)c(-c3cccc(Cl)c3Cl)n3ncnc23)CC[C@H](C)[SiH2]1. The number of ether oxygens (including phenoxy) is 1. The number of aromatic nitrogens is 4. The summed E-state index contributed by atoms with van der Waals surface area (Å²) in [7, 11) is -0.282. The first-order valence-electron chi connectivity index (χ1n) is 10.3. The molecule has 0 saturated carbocycles. The molecule has 1 saturated heterocycles. The largest absolute Gasteiger partial charge is 0.383 e. The van der Waals surface area contributed by atoms with Crippen LogP contribution in [0.1, 0.15) is 26.7 Å². The first kappa shape index (κ1) is 21.4. The lowest BCUT2D eigenvalue weighted by Crippen LogP contribution is -2.33. The molecule has 2 N–H and O–H groups in total. The molecule has 2 aromatic heterocycles. The highest BCUT2D eigenvalue weighted by Gasteiger charge is 2.23. The van der Waals surface area contributed by atoms with E-state index in [1.54, 1.807) is 10.6 Å². The highest BCUT2D eigenvalue weighted by Crippen LogP contribution is 2.37. The maximum atomic E-state index is 6.46. The van der Waals surface area contributed by atoms with Crippen molar-refractivity contribution in [2.24, 2.45) is 0 Å².